The molecule has 2 N–H and O–H groups in total. The summed E-state index contributed by atoms with van der Waals surface area (Å²) >= 11 is 4.92. The van der Waals surface area contributed by atoms with Crippen molar-refractivity contribution in [3.8, 4) is 5.75 Å². The molecule has 0 saturated heterocycles. The van der Waals surface area contributed by atoms with Gasteiger partial charge in [-0.1, -0.05) is 46.3 Å². The van der Waals surface area contributed by atoms with Crippen LogP contribution in [0.2, 0.25) is 0 Å². The molecule has 3 aromatic rings. The van der Waals surface area contributed by atoms with Crippen LogP contribution in [0.5, 0.6) is 5.75 Å². The Morgan fingerprint density at radius 2 is 2.11 bits per heavy atom. The molecule has 0 radical (unpaired) electrons. The lowest BCUT2D eigenvalue weighted by Crippen LogP contribution is -2.28. The van der Waals surface area contributed by atoms with Gasteiger partial charge < -0.3 is 10.1 Å². The van der Waals surface area contributed by atoms with E-state index in [0.29, 0.717) is 17.4 Å². The molecule has 1 heterocycles. The molecule has 28 heavy (non-hydrogen) atoms. The molecular formula is C20H19BrN4O2S. The number of amides is 1. The average Bonchev–Trinajstić information content (AvgIpc) is 3.11. The van der Waals surface area contributed by atoms with Gasteiger partial charge in [0.15, 0.2) is 6.61 Å². The van der Waals surface area contributed by atoms with E-state index in [-0.39, 0.29) is 12.5 Å². The molecule has 144 valence electrons. The van der Waals surface area contributed by atoms with Crippen LogP contribution in [0.1, 0.15) is 16.8 Å². The minimum atomic E-state index is -0.189. The third kappa shape index (κ3) is 6.17. The molecule has 0 saturated carbocycles. The summed E-state index contributed by atoms with van der Waals surface area (Å²) in [4.78, 5) is 16.4. The van der Waals surface area contributed by atoms with Gasteiger partial charge in [0.2, 0.25) is 5.13 Å². The van der Waals surface area contributed by atoms with Crippen molar-refractivity contribution in [3.63, 3.8) is 0 Å². The zero-order valence-electron chi connectivity index (χ0n) is 15.2. The summed E-state index contributed by atoms with van der Waals surface area (Å²) in [6.45, 7) is 2.32. The minimum Gasteiger partial charge on any atom is -0.483 e. The Bertz CT molecular complexity index is 960. The number of halogens is 1. The number of nitrogens with zero attached hydrogens (tertiary/aromatic N) is 2. The quantitative estimate of drug-likeness (QED) is 0.388. The summed E-state index contributed by atoms with van der Waals surface area (Å²) in [6, 6.07) is 15.3. The van der Waals surface area contributed by atoms with Crippen LogP contribution in [0.4, 0.5) is 5.13 Å². The summed E-state index contributed by atoms with van der Waals surface area (Å²) < 4.78 is 6.57. The second-order valence-corrected chi connectivity index (χ2v) is 7.67. The van der Waals surface area contributed by atoms with Crippen LogP contribution >= 0.6 is 27.3 Å². The van der Waals surface area contributed by atoms with E-state index in [1.54, 1.807) is 12.3 Å². The maximum atomic E-state index is 12.1. The van der Waals surface area contributed by atoms with Gasteiger partial charge in [-0.15, -0.1) is 11.3 Å². The zero-order chi connectivity index (χ0) is 19.8. The summed E-state index contributed by atoms with van der Waals surface area (Å²) in [7, 11) is 0. The Labute approximate surface area is 175 Å². The molecule has 6 nitrogen and oxygen atoms in total. The van der Waals surface area contributed by atoms with Gasteiger partial charge in [0.25, 0.3) is 5.91 Å². The topological polar surface area (TPSA) is 75.6 Å². The molecule has 0 spiro atoms. The molecular weight excluding hydrogens is 440 g/mol. The van der Waals surface area contributed by atoms with Crippen LogP contribution < -0.4 is 15.5 Å². The highest BCUT2D eigenvalue weighted by atomic mass is 79.9. The molecule has 0 aliphatic heterocycles. The SMILES string of the molecule is Cc1csc(NN=Cc2cc(Br)ccc2OCC(=O)NCc2ccccc2)n1. The van der Waals surface area contributed by atoms with Gasteiger partial charge in [-0.2, -0.15) is 5.10 Å². The zero-order valence-corrected chi connectivity index (χ0v) is 17.6. The van der Waals surface area contributed by atoms with Crippen molar-refractivity contribution in [2.75, 3.05) is 12.0 Å². The number of thiazole rings is 1. The van der Waals surface area contributed by atoms with E-state index < -0.39 is 0 Å². The van der Waals surface area contributed by atoms with E-state index >= 15 is 0 Å². The molecule has 0 unspecified atom stereocenters. The first-order valence-electron chi connectivity index (χ1n) is 8.54. The van der Waals surface area contributed by atoms with Crippen LogP contribution in [0, 0.1) is 6.92 Å². The van der Waals surface area contributed by atoms with E-state index in [4.69, 9.17) is 4.74 Å². The van der Waals surface area contributed by atoms with Gasteiger partial charge >= 0.3 is 0 Å². The van der Waals surface area contributed by atoms with Gasteiger partial charge in [0.1, 0.15) is 5.75 Å². The number of hydrogen-bond acceptors (Lipinski definition) is 6. The second-order valence-electron chi connectivity index (χ2n) is 5.90. The highest BCUT2D eigenvalue weighted by Gasteiger charge is 2.07. The van der Waals surface area contributed by atoms with Gasteiger partial charge in [0, 0.05) is 22.0 Å². The number of ether oxygens (including phenoxy) is 1. The highest BCUT2D eigenvalue weighted by Crippen LogP contribution is 2.22. The van der Waals surface area contributed by atoms with Crippen LogP contribution in [0.25, 0.3) is 0 Å². The van der Waals surface area contributed by atoms with Crippen molar-refractivity contribution in [3.05, 3.63) is 75.2 Å². The lowest BCUT2D eigenvalue weighted by atomic mass is 10.2. The van der Waals surface area contributed by atoms with Crippen molar-refractivity contribution in [1.82, 2.24) is 10.3 Å². The molecule has 3 rings (SSSR count). The lowest BCUT2D eigenvalue weighted by Gasteiger charge is -2.10. The molecule has 0 atom stereocenters. The van der Waals surface area contributed by atoms with Crippen LogP contribution in [0.3, 0.4) is 0 Å². The Balaban J connectivity index is 1.56. The third-order valence-corrected chi connectivity index (χ3v) is 5.00. The fourth-order valence-electron chi connectivity index (χ4n) is 2.30. The van der Waals surface area contributed by atoms with Crippen molar-refractivity contribution in [2.24, 2.45) is 5.10 Å². The first-order chi connectivity index (χ1) is 13.6. The number of rotatable bonds is 8. The van der Waals surface area contributed by atoms with Gasteiger partial charge in [0.05, 0.1) is 11.9 Å². The molecule has 2 aromatic carbocycles. The second kappa shape index (κ2) is 10.0. The number of benzene rings is 2. The lowest BCUT2D eigenvalue weighted by molar-refractivity contribution is -0.123. The van der Waals surface area contributed by atoms with E-state index in [2.05, 4.69) is 36.8 Å². The molecule has 1 aromatic heterocycles. The fourth-order valence-corrected chi connectivity index (χ4v) is 3.32. The van der Waals surface area contributed by atoms with Crippen LogP contribution in [0.15, 0.2) is 63.5 Å². The molecule has 0 aliphatic carbocycles. The normalized spacial score (nSPS) is 10.8. The first-order valence-corrected chi connectivity index (χ1v) is 10.2. The van der Waals surface area contributed by atoms with Gasteiger partial charge in [-0.25, -0.2) is 4.98 Å². The predicted octanol–water partition coefficient (Wildman–Crippen LogP) is 4.36. The van der Waals surface area contributed by atoms with E-state index in [1.165, 1.54) is 11.3 Å². The molecule has 0 fully saturated rings. The fraction of sp³-hybridized carbons (Fsp3) is 0.150. The largest absolute Gasteiger partial charge is 0.483 e. The summed E-state index contributed by atoms with van der Waals surface area (Å²) in [6.07, 6.45) is 1.64. The molecule has 1 amide bonds. The van der Waals surface area contributed by atoms with Crippen LogP contribution in [-0.2, 0) is 11.3 Å². The van der Waals surface area contributed by atoms with E-state index in [1.807, 2.05) is 54.8 Å². The summed E-state index contributed by atoms with van der Waals surface area (Å²) in [5.74, 6) is 0.380. The van der Waals surface area contributed by atoms with Crippen molar-refractivity contribution in [2.45, 2.75) is 13.5 Å². The summed E-state index contributed by atoms with van der Waals surface area (Å²) in [5.41, 5.74) is 5.61. The number of hydrazone groups is 1. The number of aromatic nitrogens is 1. The maximum Gasteiger partial charge on any atom is 0.258 e. The Morgan fingerprint density at radius 3 is 2.86 bits per heavy atom. The van der Waals surface area contributed by atoms with Gasteiger partial charge in [-0.05, 0) is 30.7 Å². The summed E-state index contributed by atoms with van der Waals surface area (Å²) in [5, 5.41) is 9.70. The van der Waals surface area contributed by atoms with Crippen molar-refractivity contribution >= 4 is 44.5 Å². The number of hydrogen-bond donors (Lipinski definition) is 2. The maximum absolute atomic E-state index is 12.1. The number of nitrogens with one attached hydrogen (secondary N) is 2. The van der Waals surface area contributed by atoms with E-state index in [0.717, 1.165) is 21.3 Å². The Morgan fingerprint density at radius 1 is 1.29 bits per heavy atom. The molecule has 0 bridgehead atoms. The van der Waals surface area contributed by atoms with Crippen molar-refractivity contribution in [1.29, 1.82) is 0 Å². The predicted molar refractivity (Wildman–Crippen MR) is 116 cm³/mol. The Kier molecular flexibility index (Phi) is 7.16. The smallest absolute Gasteiger partial charge is 0.258 e. The monoisotopic (exact) mass is 458 g/mol. The third-order valence-electron chi connectivity index (χ3n) is 3.65. The molecule has 8 heteroatoms. The van der Waals surface area contributed by atoms with Crippen molar-refractivity contribution < 1.29 is 9.53 Å². The standard InChI is InChI=1S/C20H19BrN4O2S/c1-14-13-28-20(24-14)25-23-11-16-9-17(21)7-8-18(16)27-12-19(26)22-10-15-5-3-2-4-6-15/h2-9,11,13H,10,12H2,1H3,(H,22,26)(H,24,25). The number of aryl methyl sites for hydroxylation is 1. The van der Waals surface area contributed by atoms with Crippen LogP contribution in [-0.4, -0.2) is 23.7 Å². The van der Waals surface area contributed by atoms with E-state index in [9.17, 15) is 4.79 Å². The number of carbonyl (C=O) groups excluding carboxylic acids is 1. The Hall–Kier alpha value is -2.71. The minimum absolute atomic E-state index is 0.0750. The number of anilines is 1. The first kappa shape index (κ1) is 20.0. The van der Waals surface area contributed by atoms with Gasteiger partial charge in [-0.3, -0.25) is 10.2 Å². The highest BCUT2D eigenvalue weighted by molar-refractivity contribution is 9.10. The average molecular weight is 459 g/mol. The number of carbonyl (C=O) groups is 1. The molecule has 0 aliphatic rings.